The number of benzene rings is 1. The van der Waals surface area contributed by atoms with Gasteiger partial charge in [-0.1, -0.05) is 13.8 Å². The molecular formula is C15H21N3O2S. The van der Waals surface area contributed by atoms with Crippen LogP contribution in [-0.2, 0) is 23.4 Å². The van der Waals surface area contributed by atoms with Gasteiger partial charge in [-0.3, -0.25) is 4.68 Å². The second kappa shape index (κ2) is 5.89. The van der Waals surface area contributed by atoms with Gasteiger partial charge in [0.2, 0.25) is 0 Å². The minimum Gasteiger partial charge on any atom is -0.381 e. The number of sulfone groups is 1. The third-order valence-corrected chi connectivity index (χ3v) is 4.38. The van der Waals surface area contributed by atoms with E-state index in [2.05, 4.69) is 24.3 Å². The molecule has 0 spiro atoms. The molecule has 2 aromatic rings. The molecule has 1 aromatic carbocycles. The number of nitrogens with zero attached hydrogens (tertiary/aromatic N) is 2. The fourth-order valence-electron chi connectivity index (χ4n) is 2.19. The van der Waals surface area contributed by atoms with Crippen molar-refractivity contribution in [1.82, 2.24) is 9.78 Å². The molecule has 2 rings (SSSR count). The highest BCUT2D eigenvalue weighted by Gasteiger charge is 2.11. The van der Waals surface area contributed by atoms with Crippen molar-refractivity contribution in [1.29, 1.82) is 0 Å². The molecule has 1 aromatic heterocycles. The van der Waals surface area contributed by atoms with Crippen LogP contribution in [0.5, 0.6) is 0 Å². The molecule has 0 saturated heterocycles. The van der Waals surface area contributed by atoms with E-state index in [-0.39, 0.29) is 0 Å². The van der Waals surface area contributed by atoms with E-state index in [1.54, 1.807) is 24.3 Å². The first kappa shape index (κ1) is 15.6. The van der Waals surface area contributed by atoms with E-state index in [4.69, 9.17) is 0 Å². The lowest BCUT2D eigenvalue weighted by Crippen LogP contribution is -2.03. The number of nitrogens with one attached hydrogen (secondary N) is 1. The van der Waals surface area contributed by atoms with Gasteiger partial charge in [0.25, 0.3) is 0 Å². The van der Waals surface area contributed by atoms with Crippen molar-refractivity contribution in [2.24, 2.45) is 7.05 Å². The third kappa shape index (κ3) is 3.85. The molecular weight excluding hydrogens is 286 g/mol. The summed E-state index contributed by atoms with van der Waals surface area (Å²) in [6.07, 6.45) is 3.22. The Labute approximate surface area is 125 Å². The Balaban J connectivity index is 2.10. The zero-order chi connectivity index (χ0) is 15.6. The Kier molecular flexibility index (Phi) is 4.37. The standard InChI is InChI=1S/C15H21N3O2S/c1-11(2)15-12(10-18(3)17-15)9-16-13-5-7-14(8-6-13)21(4,19)20/h5-8,10-11,16H,9H2,1-4H3. The molecule has 1 N–H and O–H groups in total. The van der Waals surface area contributed by atoms with Crippen molar-refractivity contribution >= 4 is 15.5 Å². The number of aryl methyl sites for hydroxylation is 1. The Bertz CT molecular complexity index is 716. The van der Waals surface area contributed by atoms with Gasteiger partial charge in [-0.2, -0.15) is 5.10 Å². The average Bonchev–Trinajstić information content (AvgIpc) is 2.77. The highest BCUT2D eigenvalue weighted by Crippen LogP contribution is 2.19. The van der Waals surface area contributed by atoms with Gasteiger partial charge in [-0.25, -0.2) is 8.42 Å². The van der Waals surface area contributed by atoms with Crippen LogP contribution in [-0.4, -0.2) is 24.5 Å². The Morgan fingerprint density at radius 1 is 1.24 bits per heavy atom. The van der Waals surface area contributed by atoms with Gasteiger partial charge in [0.15, 0.2) is 9.84 Å². The third-order valence-electron chi connectivity index (χ3n) is 3.25. The molecule has 0 amide bonds. The molecule has 5 nitrogen and oxygen atoms in total. The molecule has 0 atom stereocenters. The second-order valence-electron chi connectivity index (χ2n) is 5.52. The summed E-state index contributed by atoms with van der Waals surface area (Å²) in [5.41, 5.74) is 3.12. The molecule has 0 radical (unpaired) electrons. The van der Waals surface area contributed by atoms with Crippen LogP contribution in [0.3, 0.4) is 0 Å². The first-order valence-corrected chi connectivity index (χ1v) is 8.73. The minimum atomic E-state index is -3.14. The maximum atomic E-state index is 11.4. The van der Waals surface area contributed by atoms with E-state index >= 15 is 0 Å². The number of rotatable bonds is 5. The quantitative estimate of drug-likeness (QED) is 0.922. The van der Waals surface area contributed by atoms with Gasteiger partial charge in [-0.15, -0.1) is 0 Å². The summed E-state index contributed by atoms with van der Waals surface area (Å²) < 4.78 is 24.6. The molecule has 0 unspecified atom stereocenters. The van der Waals surface area contributed by atoms with Crippen molar-refractivity contribution in [2.75, 3.05) is 11.6 Å². The zero-order valence-electron chi connectivity index (χ0n) is 12.8. The van der Waals surface area contributed by atoms with Crippen molar-refractivity contribution < 1.29 is 8.42 Å². The first-order chi connectivity index (χ1) is 9.77. The highest BCUT2D eigenvalue weighted by molar-refractivity contribution is 7.90. The summed E-state index contributed by atoms with van der Waals surface area (Å²) in [4.78, 5) is 0.331. The number of aromatic nitrogens is 2. The summed E-state index contributed by atoms with van der Waals surface area (Å²) in [7, 11) is -1.23. The number of hydrogen-bond donors (Lipinski definition) is 1. The van der Waals surface area contributed by atoms with Crippen LogP contribution in [0.25, 0.3) is 0 Å². The second-order valence-corrected chi connectivity index (χ2v) is 7.53. The Hall–Kier alpha value is -1.82. The predicted octanol–water partition coefficient (Wildman–Crippen LogP) is 2.56. The van der Waals surface area contributed by atoms with Crippen molar-refractivity contribution in [3.8, 4) is 0 Å². The zero-order valence-corrected chi connectivity index (χ0v) is 13.6. The van der Waals surface area contributed by atoms with E-state index in [0.29, 0.717) is 17.4 Å². The fourth-order valence-corrected chi connectivity index (χ4v) is 2.82. The van der Waals surface area contributed by atoms with Crippen LogP contribution in [0, 0.1) is 0 Å². The molecule has 0 saturated carbocycles. The topological polar surface area (TPSA) is 64.0 Å². The molecule has 6 heteroatoms. The minimum absolute atomic E-state index is 0.331. The van der Waals surface area contributed by atoms with E-state index in [1.807, 2.05) is 17.9 Å². The van der Waals surface area contributed by atoms with Crippen molar-refractivity contribution in [3.63, 3.8) is 0 Å². The van der Waals surface area contributed by atoms with Gasteiger partial charge in [0.1, 0.15) is 0 Å². The molecule has 1 heterocycles. The average molecular weight is 307 g/mol. The summed E-state index contributed by atoms with van der Waals surface area (Å²) >= 11 is 0. The van der Waals surface area contributed by atoms with E-state index in [9.17, 15) is 8.42 Å². The van der Waals surface area contributed by atoms with Crippen LogP contribution in [0.1, 0.15) is 31.0 Å². The van der Waals surface area contributed by atoms with Crippen LogP contribution < -0.4 is 5.32 Å². The van der Waals surface area contributed by atoms with Gasteiger partial charge in [0.05, 0.1) is 10.6 Å². The van der Waals surface area contributed by atoms with E-state index in [1.165, 1.54) is 6.26 Å². The fraction of sp³-hybridized carbons (Fsp3) is 0.400. The SMILES string of the molecule is CC(C)c1nn(C)cc1CNc1ccc(S(C)(=O)=O)cc1. The molecule has 0 aliphatic heterocycles. The Morgan fingerprint density at radius 3 is 2.38 bits per heavy atom. The normalized spacial score (nSPS) is 11.9. The van der Waals surface area contributed by atoms with E-state index in [0.717, 1.165) is 16.9 Å². The smallest absolute Gasteiger partial charge is 0.175 e. The van der Waals surface area contributed by atoms with Gasteiger partial charge in [0, 0.05) is 37.3 Å². The summed E-state index contributed by atoms with van der Waals surface area (Å²) in [5, 5.41) is 7.77. The summed E-state index contributed by atoms with van der Waals surface area (Å²) in [6, 6.07) is 6.79. The molecule has 0 aliphatic rings. The highest BCUT2D eigenvalue weighted by atomic mass is 32.2. The van der Waals surface area contributed by atoms with E-state index < -0.39 is 9.84 Å². The van der Waals surface area contributed by atoms with Gasteiger partial charge in [-0.05, 0) is 30.2 Å². The molecule has 21 heavy (non-hydrogen) atoms. The molecule has 114 valence electrons. The van der Waals surface area contributed by atoms with Gasteiger partial charge < -0.3 is 5.32 Å². The summed E-state index contributed by atoms with van der Waals surface area (Å²) in [6.45, 7) is 4.90. The first-order valence-electron chi connectivity index (χ1n) is 6.84. The number of hydrogen-bond acceptors (Lipinski definition) is 4. The largest absolute Gasteiger partial charge is 0.381 e. The van der Waals surface area contributed by atoms with Crippen LogP contribution in [0.15, 0.2) is 35.4 Å². The lowest BCUT2D eigenvalue weighted by Gasteiger charge is -2.08. The molecule has 0 aliphatic carbocycles. The lowest BCUT2D eigenvalue weighted by atomic mass is 10.1. The van der Waals surface area contributed by atoms with Crippen molar-refractivity contribution in [3.05, 3.63) is 41.7 Å². The van der Waals surface area contributed by atoms with Crippen LogP contribution in [0.2, 0.25) is 0 Å². The molecule has 0 bridgehead atoms. The lowest BCUT2D eigenvalue weighted by molar-refractivity contribution is 0.602. The van der Waals surface area contributed by atoms with Crippen LogP contribution >= 0.6 is 0 Å². The Morgan fingerprint density at radius 2 is 1.86 bits per heavy atom. The van der Waals surface area contributed by atoms with Gasteiger partial charge >= 0.3 is 0 Å². The maximum Gasteiger partial charge on any atom is 0.175 e. The van der Waals surface area contributed by atoms with Crippen molar-refractivity contribution in [2.45, 2.75) is 31.2 Å². The monoisotopic (exact) mass is 307 g/mol. The predicted molar refractivity (Wildman–Crippen MR) is 84.2 cm³/mol. The van der Waals surface area contributed by atoms with Crippen LogP contribution in [0.4, 0.5) is 5.69 Å². The number of anilines is 1. The maximum absolute atomic E-state index is 11.4. The molecule has 0 fully saturated rings. The summed E-state index contributed by atoms with van der Waals surface area (Å²) in [5.74, 6) is 0.371.